The van der Waals surface area contributed by atoms with Crippen molar-refractivity contribution in [3.63, 3.8) is 0 Å². The lowest BCUT2D eigenvalue weighted by Gasteiger charge is -2.04. The van der Waals surface area contributed by atoms with E-state index in [1.807, 2.05) is 0 Å². The van der Waals surface area contributed by atoms with Crippen LogP contribution in [0.5, 0.6) is 0 Å². The highest BCUT2D eigenvalue weighted by Gasteiger charge is 2.17. The number of carbonyl (C=O) groups is 1. The summed E-state index contributed by atoms with van der Waals surface area (Å²) in [5.74, 6) is -0.326. The third-order valence-electron chi connectivity index (χ3n) is 4.28. The van der Waals surface area contributed by atoms with Crippen molar-refractivity contribution in [1.82, 2.24) is 15.0 Å². The van der Waals surface area contributed by atoms with Crippen LogP contribution in [-0.4, -0.2) is 20.9 Å². The molecule has 0 atom stereocenters. The third-order valence-corrected chi connectivity index (χ3v) is 5.30. The molecule has 2 heterocycles. The van der Waals surface area contributed by atoms with E-state index in [-0.39, 0.29) is 11.6 Å². The summed E-state index contributed by atoms with van der Waals surface area (Å²) < 4.78 is 0. The fourth-order valence-electron chi connectivity index (χ4n) is 2.76. The minimum atomic E-state index is -0.326. The van der Waals surface area contributed by atoms with E-state index in [0.29, 0.717) is 5.13 Å². The number of hydrogen-bond acceptors (Lipinski definition) is 5. The van der Waals surface area contributed by atoms with Crippen molar-refractivity contribution < 1.29 is 4.79 Å². The van der Waals surface area contributed by atoms with E-state index >= 15 is 0 Å². The van der Waals surface area contributed by atoms with E-state index in [1.54, 1.807) is 0 Å². The van der Waals surface area contributed by atoms with Gasteiger partial charge in [0.15, 0.2) is 5.13 Å². The number of anilines is 1. The molecule has 1 N–H and O–H groups in total. The Balaban J connectivity index is 1.74. The van der Waals surface area contributed by atoms with Crippen LogP contribution in [0, 0.1) is 13.8 Å². The summed E-state index contributed by atoms with van der Waals surface area (Å²) in [4.78, 5) is 26.2. The minimum Gasteiger partial charge on any atom is -0.296 e. The number of aryl methyl sites for hydroxylation is 2. The average molecular weight is 386 g/mol. The number of nitrogens with zero attached hydrogens (tertiary/aromatic N) is 3. The molecule has 1 amide bonds. The van der Waals surface area contributed by atoms with Crippen LogP contribution >= 0.6 is 11.3 Å². The maximum atomic E-state index is 12.5. The highest BCUT2D eigenvalue weighted by molar-refractivity contribution is 7.19. The third kappa shape index (κ3) is 3.82. The predicted molar refractivity (Wildman–Crippen MR) is 112 cm³/mol. The highest BCUT2D eigenvalue weighted by Crippen LogP contribution is 2.39. The average Bonchev–Trinajstić information content (AvgIpc) is 3.13. The molecule has 0 aliphatic rings. The summed E-state index contributed by atoms with van der Waals surface area (Å²) in [6.07, 6.45) is 4.46. The van der Waals surface area contributed by atoms with Gasteiger partial charge in [0.2, 0.25) is 0 Å². The zero-order valence-corrected chi connectivity index (χ0v) is 16.3. The van der Waals surface area contributed by atoms with Gasteiger partial charge in [0.05, 0.1) is 16.8 Å². The summed E-state index contributed by atoms with van der Waals surface area (Å²) in [6, 6.07) is 16.5. The fraction of sp³-hybridized carbons (Fsp3) is 0.0909. The molecule has 0 bridgehead atoms. The largest absolute Gasteiger partial charge is 0.296 e. The van der Waals surface area contributed by atoms with Crippen molar-refractivity contribution in [2.24, 2.45) is 0 Å². The quantitative estimate of drug-likeness (QED) is 0.527. The van der Waals surface area contributed by atoms with E-state index in [9.17, 15) is 4.79 Å². The van der Waals surface area contributed by atoms with Gasteiger partial charge >= 0.3 is 0 Å². The molecule has 0 spiro atoms. The van der Waals surface area contributed by atoms with Gasteiger partial charge in [-0.25, -0.2) is 9.97 Å². The topological polar surface area (TPSA) is 67.8 Å². The first-order valence-corrected chi connectivity index (χ1v) is 9.64. The molecule has 2 aromatic heterocycles. The molecule has 4 aromatic rings. The van der Waals surface area contributed by atoms with Crippen LogP contribution in [0.2, 0.25) is 0 Å². The number of thiazole rings is 1. The SMILES string of the molecule is Cc1ccc(-c2nc(NC(=O)c3cnccn3)sc2-c2ccc(C)cc2)cc1. The second-order valence-corrected chi connectivity index (χ2v) is 7.47. The molecule has 4 rings (SSSR count). The predicted octanol–water partition coefficient (Wildman–Crippen LogP) is 5.14. The monoisotopic (exact) mass is 386 g/mol. The molecule has 0 unspecified atom stereocenters. The zero-order valence-electron chi connectivity index (χ0n) is 15.5. The molecular formula is C22H18N4OS. The van der Waals surface area contributed by atoms with Gasteiger partial charge in [-0.05, 0) is 19.4 Å². The molecule has 0 fully saturated rings. The first kappa shape index (κ1) is 18.0. The van der Waals surface area contributed by atoms with Gasteiger partial charge in [0, 0.05) is 18.0 Å². The zero-order chi connectivity index (χ0) is 19.5. The lowest BCUT2D eigenvalue weighted by Crippen LogP contribution is -2.13. The van der Waals surface area contributed by atoms with E-state index < -0.39 is 0 Å². The van der Waals surface area contributed by atoms with E-state index in [0.717, 1.165) is 21.7 Å². The molecule has 28 heavy (non-hydrogen) atoms. The van der Waals surface area contributed by atoms with Crippen LogP contribution in [-0.2, 0) is 0 Å². The van der Waals surface area contributed by atoms with Gasteiger partial charge in [-0.2, -0.15) is 0 Å². The van der Waals surface area contributed by atoms with E-state index in [2.05, 4.69) is 77.7 Å². The van der Waals surface area contributed by atoms with Gasteiger partial charge in [0.1, 0.15) is 5.69 Å². The number of benzene rings is 2. The van der Waals surface area contributed by atoms with Crippen molar-refractivity contribution in [3.05, 3.63) is 83.9 Å². The van der Waals surface area contributed by atoms with Crippen LogP contribution in [0.4, 0.5) is 5.13 Å². The number of aromatic nitrogens is 3. The molecule has 0 saturated carbocycles. The molecule has 0 radical (unpaired) electrons. The normalized spacial score (nSPS) is 10.6. The summed E-state index contributed by atoms with van der Waals surface area (Å²) >= 11 is 1.45. The van der Waals surface area contributed by atoms with Gasteiger partial charge in [0.25, 0.3) is 5.91 Å². The molecule has 5 nitrogen and oxygen atoms in total. The van der Waals surface area contributed by atoms with E-state index in [1.165, 1.54) is 41.1 Å². The van der Waals surface area contributed by atoms with Crippen LogP contribution in [0.3, 0.4) is 0 Å². The first-order valence-electron chi connectivity index (χ1n) is 8.82. The smallest absolute Gasteiger partial charge is 0.277 e. The van der Waals surface area contributed by atoms with Crippen molar-refractivity contribution in [3.8, 4) is 21.7 Å². The summed E-state index contributed by atoms with van der Waals surface area (Å²) in [7, 11) is 0. The van der Waals surface area contributed by atoms with Crippen LogP contribution in [0.15, 0.2) is 67.1 Å². The first-order chi connectivity index (χ1) is 13.6. The number of amides is 1. The van der Waals surface area contributed by atoms with Gasteiger partial charge in [-0.1, -0.05) is 71.0 Å². The lowest BCUT2D eigenvalue weighted by molar-refractivity contribution is 0.102. The van der Waals surface area contributed by atoms with Crippen molar-refractivity contribution in [2.75, 3.05) is 5.32 Å². The Morgan fingerprint density at radius 3 is 2.14 bits per heavy atom. The number of hydrogen-bond donors (Lipinski definition) is 1. The Morgan fingerprint density at radius 2 is 1.54 bits per heavy atom. The van der Waals surface area contributed by atoms with E-state index in [4.69, 9.17) is 4.98 Å². The second kappa shape index (κ2) is 7.70. The molecule has 0 aliphatic heterocycles. The van der Waals surface area contributed by atoms with Crippen LogP contribution in [0.1, 0.15) is 21.6 Å². The Kier molecular flexibility index (Phi) is 4.95. The second-order valence-electron chi connectivity index (χ2n) is 6.47. The summed E-state index contributed by atoms with van der Waals surface area (Å²) in [6.45, 7) is 4.11. The molecule has 138 valence electrons. The standard InChI is InChI=1S/C22H18N4OS/c1-14-3-7-16(8-4-14)19-20(17-9-5-15(2)6-10-17)28-22(25-19)26-21(27)18-13-23-11-12-24-18/h3-13H,1-2H3,(H,25,26,27). The molecule has 2 aromatic carbocycles. The van der Waals surface area contributed by atoms with Gasteiger partial charge < -0.3 is 0 Å². The Bertz CT molecular complexity index is 1040. The maximum absolute atomic E-state index is 12.5. The number of carbonyl (C=O) groups excluding carboxylic acids is 1. The lowest BCUT2D eigenvalue weighted by atomic mass is 10.0. The Labute approximate surface area is 167 Å². The molecule has 0 aliphatic carbocycles. The summed E-state index contributed by atoms with van der Waals surface area (Å²) in [5.41, 5.74) is 5.57. The summed E-state index contributed by atoms with van der Waals surface area (Å²) in [5, 5.41) is 3.38. The number of nitrogens with one attached hydrogen (secondary N) is 1. The molecular weight excluding hydrogens is 368 g/mol. The maximum Gasteiger partial charge on any atom is 0.277 e. The molecule has 0 saturated heterocycles. The number of rotatable bonds is 4. The molecule has 6 heteroatoms. The minimum absolute atomic E-state index is 0.256. The van der Waals surface area contributed by atoms with Crippen molar-refractivity contribution in [2.45, 2.75) is 13.8 Å². The van der Waals surface area contributed by atoms with Gasteiger partial charge in [-0.15, -0.1) is 0 Å². The Hall–Kier alpha value is -3.38. The fourth-order valence-corrected chi connectivity index (χ4v) is 3.75. The van der Waals surface area contributed by atoms with Crippen molar-refractivity contribution in [1.29, 1.82) is 0 Å². The van der Waals surface area contributed by atoms with Crippen molar-refractivity contribution >= 4 is 22.4 Å². The Morgan fingerprint density at radius 1 is 0.893 bits per heavy atom. The van der Waals surface area contributed by atoms with Crippen LogP contribution in [0.25, 0.3) is 21.7 Å². The van der Waals surface area contributed by atoms with Gasteiger partial charge in [-0.3, -0.25) is 15.1 Å². The highest BCUT2D eigenvalue weighted by atomic mass is 32.1. The van der Waals surface area contributed by atoms with Crippen LogP contribution < -0.4 is 5.32 Å².